The molecule has 0 unspecified atom stereocenters. The number of ether oxygens (including phenoxy) is 2. The van der Waals surface area contributed by atoms with Crippen LogP contribution in [0.1, 0.15) is 71.1 Å². The van der Waals surface area contributed by atoms with E-state index in [9.17, 15) is 19.2 Å². The lowest BCUT2D eigenvalue weighted by Gasteiger charge is -2.38. The highest BCUT2D eigenvalue weighted by Gasteiger charge is 2.33. The summed E-state index contributed by atoms with van der Waals surface area (Å²) in [6, 6.07) is 43.7. The normalized spacial score (nSPS) is 14.7. The van der Waals surface area contributed by atoms with Gasteiger partial charge in [0, 0.05) is 13.1 Å². The first-order valence-corrected chi connectivity index (χ1v) is 24.1. The Balaban J connectivity index is 0.000000216. The number of carbonyl (C=O) groups is 4. The van der Waals surface area contributed by atoms with Crippen LogP contribution in [0.4, 0.5) is 11.6 Å². The summed E-state index contributed by atoms with van der Waals surface area (Å²) in [6.07, 6.45) is 2.76. The number of hydrogen-bond acceptors (Lipinski definition) is 14. The summed E-state index contributed by atoms with van der Waals surface area (Å²) < 4.78 is 11.6. The van der Waals surface area contributed by atoms with Gasteiger partial charge in [-0.2, -0.15) is 10.5 Å². The fraction of sp³-hybridized carbons (Fsp3) is 0.286. The quantitative estimate of drug-likeness (QED) is 0.0574. The van der Waals surface area contributed by atoms with Crippen molar-refractivity contribution >= 4 is 35.3 Å². The minimum absolute atomic E-state index is 0.122. The molecule has 6 N–H and O–H groups in total. The van der Waals surface area contributed by atoms with Gasteiger partial charge in [-0.25, -0.2) is 9.97 Å². The van der Waals surface area contributed by atoms with Crippen molar-refractivity contribution in [1.29, 1.82) is 10.5 Å². The molecule has 74 heavy (non-hydrogen) atoms. The zero-order valence-electron chi connectivity index (χ0n) is 41.0. The molecule has 0 spiro atoms. The van der Waals surface area contributed by atoms with Crippen molar-refractivity contribution in [2.45, 2.75) is 50.0 Å². The number of aliphatic hydroxyl groups is 2. The number of hydrogen-bond donors (Lipinski definition) is 6. The van der Waals surface area contributed by atoms with Crippen LogP contribution in [0.5, 0.6) is 11.5 Å². The van der Waals surface area contributed by atoms with Gasteiger partial charge in [-0.15, -0.1) is 0 Å². The lowest BCUT2D eigenvalue weighted by atomic mass is 9.98. The molecule has 2 fully saturated rings. The van der Waals surface area contributed by atoms with Crippen molar-refractivity contribution in [3.63, 3.8) is 0 Å². The number of likely N-dealkylation sites (tertiary alicyclic amines) is 2. The summed E-state index contributed by atoms with van der Waals surface area (Å²) in [4.78, 5) is 61.0. The fourth-order valence-electron chi connectivity index (χ4n) is 8.07. The van der Waals surface area contributed by atoms with E-state index in [2.05, 4.69) is 57.2 Å². The molecule has 2 aliphatic rings. The van der Waals surface area contributed by atoms with Crippen LogP contribution in [-0.2, 0) is 19.2 Å². The molecular weight excluding hydrogens is 941 g/mol. The summed E-state index contributed by atoms with van der Waals surface area (Å²) >= 11 is 0. The molecule has 6 aromatic rings. The number of nitriles is 2. The van der Waals surface area contributed by atoms with Crippen LogP contribution in [0.15, 0.2) is 146 Å². The van der Waals surface area contributed by atoms with Gasteiger partial charge in [0.25, 0.3) is 0 Å². The van der Waals surface area contributed by atoms with Gasteiger partial charge in [0.05, 0.1) is 61.8 Å². The number of pyridine rings is 2. The first kappa shape index (κ1) is 53.3. The Morgan fingerprint density at radius 3 is 1.23 bits per heavy atom. The Bertz CT molecular complexity index is 2670. The monoisotopic (exact) mass is 998 g/mol. The zero-order chi connectivity index (χ0) is 52.4. The molecule has 0 bridgehead atoms. The summed E-state index contributed by atoms with van der Waals surface area (Å²) in [5.41, 5.74) is 5.04. The van der Waals surface area contributed by atoms with Crippen LogP contribution in [0.25, 0.3) is 0 Å². The molecule has 4 amide bonds. The highest BCUT2D eigenvalue weighted by Crippen LogP contribution is 2.24. The Morgan fingerprint density at radius 2 is 0.919 bits per heavy atom. The average molecular weight is 999 g/mol. The molecule has 0 saturated carbocycles. The van der Waals surface area contributed by atoms with Crippen molar-refractivity contribution in [2.75, 3.05) is 63.1 Å². The van der Waals surface area contributed by atoms with Gasteiger partial charge in [0.2, 0.25) is 23.6 Å². The van der Waals surface area contributed by atoms with Crippen LogP contribution in [-0.4, -0.2) is 118 Å². The largest absolute Gasteiger partial charge is 0.485 e. The van der Waals surface area contributed by atoms with Crippen LogP contribution in [0.3, 0.4) is 0 Å². The molecule has 2 saturated heterocycles. The predicted octanol–water partition coefficient (Wildman–Crippen LogP) is 5.22. The molecule has 2 aliphatic heterocycles. The molecule has 18 heteroatoms. The number of aromatic nitrogens is 2. The Morgan fingerprint density at radius 1 is 0.554 bits per heavy atom. The number of carbonyl (C=O) groups excluding carboxylic acids is 4. The van der Waals surface area contributed by atoms with Gasteiger partial charge >= 0.3 is 0 Å². The molecule has 0 radical (unpaired) electrons. The van der Waals surface area contributed by atoms with Gasteiger partial charge < -0.3 is 50.8 Å². The SMILES string of the molecule is C[C@H](CN[C@@H](C(=O)Nc1ccc(OC2CN(C(=O)CO)C2)cn1)c1ccccc1)c1ccc(C#N)cc1.C[C@H](CN[C@H](C(=O)Nc1ccc(OC2CN(C(=O)CO)C2)cn1)c1ccccc1)c1ccc(C#N)cc1. The van der Waals surface area contributed by atoms with Gasteiger partial charge in [0.1, 0.15) is 60.6 Å². The second kappa shape index (κ2) is 26.3. The van der Waals surface area contributed by atoms with Crippen LogP contribution in [0, 0.1) is 22.7 Å². The van der Waals surface area contributed by atoms with E-state index < -0.39 is 25.3 Å². The Hall–Kier alpha value is -8.52. The number of benzene rings is 4. The minimum Gasteiger partial charge on any atom is -0.485 e. The van der Waals surface area contributed by atoms with Crippen molar-refractivity contribution in [1.82, 2.24) is 30.4 Å². The molecule has 2 aromatic heterocycles. The highest BCUT2D eigenvalue weighted by atomic mass is 16.5. The molecule has 0 aliphatic carbocycles. The van der Waals surface area contributed by atoms with E-state index in [-0.39, 0.29) is 47.7 Å². The maximum Gasteiger partial charge on any atom is 0.248 e. The summed E-state index contributed by atoms with van der Waals surface area (Å²) in [6.45, 7) is 5.91. The standard InChI is InChI=1S/2C28H29N5O4/c2*1-19(21-9-7-20(13-29)8-10-21)14-31-27(22-5-3-2-4-6-22)28(36)32-25-12-11-23(15-30-25)37-24-16-33(17-24)26(35)18-34/h2*2-12,15,19,24,27,31,34H,14,16-18H2,1H3,(H,30,32,36)/t19-,27+;19-,27-/m11/s1. The van der Waals surface area contributed by atoms with E-state index in [0.717, 1.165) is 22.3 Å². The predicted molar refractivity (Wildman–Crippen MR) is 275 cm³/mol. The van der Waals surface area contributed by atoms with Gasteiger partial charge in [-0.1, -0.05) is 98.8 Å². The molecular formula is C56H58N10O8. The second-order valence-electron chi connectivity index (χ2n) is 17.9. The molecule has 4 aromatic carbocycles. The average Bonchev–Trinajstić information content (AvgIpc) is 3.41. The zero-order valence-corrected chi connectivity index (χ0v) is 41.0. The summed E-state index contributed by atoms with van der Waals surface area (Å²) in [5, 5.41) is 48.3. The van der Waals surface area contributed by atoms with E-state index in [0.29, 0.717) is 73.5 Å². The number of amides is 4. The summed E-state index contributed by atoms with van der Waals surface area (Å²) in [5.74, 6) is 0.992. The molecule has 8 rings (SSSR count). The summed E-state index contributed by atoms with van der Waals surface area (Å²) in [7, 11) is 0. The maximum absolute atomic E-state index is 13.3. The highest BCUT2D eigenvalue weighted by molar-refractivity contribution is 5.95. The third-order valence-electron chi connectivity index (χ3n) is 12.5. The van der Waals surface area contributed by atoms with E-state index in [1.54, 1.807) is 48.5 Å². The minimum atomic E-state index is -0.593. The Labute approximate surface area is 429 Å². The van der Waals surface area contributed by atoms with E-state index in [1.165, 1.54) is 22.2 Å². The number of nitrogens with zero attached hydrogens (tertiary/aromatic N) is 6. The van der Waals surface area contributed by atoms with Crippen molar-refractivity contribution < 1.29 is 38.9 Å². The third-order valence-corrected chi connectivity index (χ3v) is 12.5. The molecule has 18 nitrogen and oxygen atoms in total. The number of nitrogens with one attached hydrogen (secondary N) is 4. The van der Waals surface area contributed by atoms with Gasteiger partial charge in [0.15, 0.2) is 0 Å². The van der Waals surface area contributed by atoms with E-state index >= 15 is 0 Å². The van der Waals surface area contributed by atoms with E-state index in [4.69, 9.17) is 30.2 Å². The number of rotatable bonds is 20. The third kappa shape index (κ3) is 14.8. The van der Waals surface area contributed by atoms with Gasteiger partial charge in [-0.05, 0) is 82.6 Å². The lowest BCUT2D eigenvalue weighted by molar-refractivity contribution is -0.143. The van der Waals surface area contributed by atoms with Crippen LogP contribution in [0.2, 0.25) is 0 Å². The van der Waals surface area contributed by atoms with Gasteiger partial charge in [-0.3, -0.25) is 19.2 Å². The van der Waals surface area contributed by atoms with Crippen molar-refractivity contribution in [3.05, 3.63) is 179 Å². The molecule has 4 atom stereocenters. The Kier molecular flexibility index (Phi) is 18.9. The fourth-order valence-corrected chi connectivity index (χ4v) is 8.07. The lowest BCUT2D eigenvalue weighted by Crippen LogP contribution is -2.56. The molecule has 4 heterocycles. The van der Waals surface area contributed by atoms with E-state index in [1.807, 2.05) is 84.9 Å². The van der Waals surface area contributed by atoms with Crippen LogP contribution < -0.4 is 30.7 Å². The smallest absolute Gasteiger partial charge is 0.248 e. The maximum atomic E-state index is 13.3. The second-order valence-corrected chi connectivity index (χ2v) is 17.9. The number of anilines is 2. The van der Waals surface area contributed by atoms with Crippen molar-refractivity contribution in [2.24, 2.45) is 0 Å². The number of aliphatic hydroxyl groups excluding tert-OH is 2. The topological polar surface area (TPSA) is 255 Å². The molecule has 380 valence electrons. The van der Waals surface area contributed by atoms with Crippen LogP contribution >= 0.6 is 0 Å². The first-order chi connectivity index (χ1) is 35.9. The van der Waals surface area contributed by atoms with Crippen molar-refractivity contribution in [3.8, 4) is 23.6 Å². The first-order valence-electron chi connectivity index (χ1n) is 24.1.